The van der Waals surface area contributed by atoms with Crippen molar-refractivity contribution in [2.45, 2.75) is 12.1 Å². The lowest BCUT2D eigenvalue weighted by molar-refractivity contribution is 0.462. The zero-order valence-electron chi connectivity index (χ0n) is 10.6. The molecule has 20 heavy (non-hydrogen) atoms. The predicted molar refractivity (Wildman–Crippen MR) is 88.8 cm³/mol. The highest BCUT2D eigenvalue weighted by atomic mass is 32.5. The summed E-state index contributed by atoms with van der Waals surface area (Å²) in [4.78, 5) is 10.4. The zero-order chi connectivity index (χ0) is 14.2. The van der Waals surface area contributed by atoms with Gasteiger partial charge in [0, 0.05) is 0 Å². The average molecular weight is 322 g/mol. The summed E-state index contributed by atoms with van der Waals surface area (Å²) in [6.45, 7) is -2.80. The molecule has 3 atom stereocenters. The molecule has 1 fully saturated rings. The molecule has 0 aliphatic carbocycles. The molecule has 2 N–H and O–H groups in total. The van der Waals surface area contributed by atoms with Crippen LogP contribution in [0.5, 0.6) is 0 Å². The van der Waals surface area contributed by atoms with Gasteiger partial charge < -0.3 is 4.89 Å². The van der Waals surface area contributed by atoms with Crippen molar-refractivity contribution in [3.63, 3.8) is 0 Å². The van der Waals surface area contributed by atoms with Gasteiger partial charge in [-0.15, -0.1) is 0 Å². The molecule has 0 spiro atoms. The molecule has 2 aromatic rings. The zero-order valence-corrected chi connectivity index (χ0v) is 13.2. The molecule has 3 rings (SSSR count). The van der Waals surface area contributed by atoms with E-state index in [0.717, 1.165) is 11.1 Å². The summed E-state index contributed by atoms with van der Waals surface area (Å²) in [6.07, 6.45) is 0. The van der Waals surface area contributed by atoms with E-state index in [0.29, 0.717) is 0 Å². The molecule has 1 aliphatic heterocycles. The second-order valence-electron chi connectivity index (χ2n) is 4.74. The van der Waals surface area contributed by atoms with Crippen LogP contribution in [0, 0.1) is 0 Å². The summed E-state index contributed by atoms with van der Waals surface area (Å²) in [6, 6.07) is 19.9. The molecular formula is C14H15N2OPS2. The summed E-state index contributed by atoms with van der Waals surface area (Å²) in [7, 11) is 0. The van der Waals surface area contributed by atoms with Crippen molar-refractivity contribution < 1.29 is 4.89 Å². The topological polar surface area (TPSA) is 35.5 Å². The van der Waals surface area contributed by atoms with Gasteiger partial charge >= 0.3 is 0 Å². The maximum atomic E-state index is 10.4. The SMILES string of the molecule is OP1(=S)NC(c2ccccc2)C(c2ccccc2)N1S. The number of rotatable bonds is 2. The Hall–Kier alpha value is -0.680. The molecule has 0 aromatic heterocycles. The Morgan fingerprint density at radius 3 is 2.05 bits per heavy atom. The Kier molecular flexibility index (Phi) is 4.00. The molecule has 6 heteroatoms. The van der Waals surface area contributed by atoms with Gasteiger partial charge in [-0.1, -0.05) is 73.5 Å². The predicted octanol–water partition coefficient (Wildman–Crippen LogP) is 3.44. The molecule has 0 radical (unpaired) electrons. The summed E-state index contributed by atoms with van der Waals surface area (Å²) in [5.41, 5.74) is 2.19. The van der Waals surface area contributed by atoms with Gasteiger partial charge in [0.2, 0.25) is 6.57 Å². The minimum atomic E-state index is -2.80. The third-order valence-corrected chi connectivity index (χ3v) is 7.10. The second kappa shape index (κ2) is 5.60. The van der Waals surface area contributed by atoms with Crippen LogP contribution in [-0.4, -0.2) is 8.97 Å². The van der Waals surface area contributed by atoms with Crippen molar-refractivity contribution in [2.75, 3.05) is 0 Å². The summed E-state index contributed by atoms with van der Waals surface area (Å²) in [5, 5.41) is 3.18. The van der Waals surface area contributed by atoms with Gasteiger partial charge in [-0.3, -0.25) is 0 Å². The second-order valence-corrected chi connectivity index (χ2v) is 8.79. The highest BCUT2D eigenvalue weighted by Crippen LogP contribution is 2.60. The van der Waals surface area contributed by atoms with Gasteiger partial charge in [0.15, 0.2) is 0 Å². The number of thiol groups is 1. The van der Waals surface area contributed by atoms with Crippen molar-refractivity contribution in [3.8, 4) is 0 Å². The fourth-order valence-corrected chi connectivity index (χ4v) is 4.95. The molecule has 0 saturated carbocycles. The van der Waals surface area contributed by atoms with Crippen LogP contribution in [0.15, 0.2) is 60.7 Å². The van der Waals surface area contributed by atoms with Crippen molar-refractivity contribution >= 4 is 31.2 Å². The van der Waals surface area contributed by atoms with Crippen LogP contribution in [0.2, 0.25) is 0 Å². The molecule has 3 unspecified atom stereocenters. The standard InChI is InChI=1S/C14H15N2OPS2/c17-18(20)15-13(11-7-3-1-4-8-11)14(16(18)19)12-9-5-2-6-10-12/h1-10,13-14,19H,(H2,15,17,20). The smallest absolute Gasteiger partial charge is 0.208 e. The molecule has 2 aromatic carbocycles. The maximum Gasteiger partial charge on any atom is 0.208 e. The first-order valence-electron chi connectivity index (χ1n) is 6.29. The van der Waals surface area contributed by atoms with Gasteiger partial charge in [-0.05, 0) is 22.9 Å². The summed E-state index contributed by atoms with van der Waals surface area (Å²) < 4.78 is 1.61. The molecule has 1 saturated heterocycles. The van der Waals surface area contributed by atoms with E-state index in [1.165, 1.54) is 0 Å². The highest BCUT2D eigenvalue weighted by Gasteiger charge is 2.44. The fourth-order valence-electron chi connectivity index (χ4n) is 2.51. The maximum absolute atomic E-state index is 10.4. The Morgan fingerprint density at radius 2 is 1.50 bits per heavy atom. The Bertz CT molecular complexity index is 638. The number of nitrogens with zero attached hydrogens (tertiary/aromatic N) is 1. The number of hydrogen-bond acceptors (Lipinski definition) is 2. The number of hydrogen-bond donors (Lipinski definition) is 3. The van der Waals surface area contributed by atoms with Crippen LogP contribution >= 0.6 is 19.4 Å². The number of benzene rings is 2. The monoisotopic (exact) mass is 322 g/mol. The van der Waals surface area contributed by atoms with E-state index in [-0.39, 0.29) is 12.1 Å². The van der Waals surface area contributed by atoms with Crippen molar-refractivity contribution in [1.29, 1.82) is 0 Å². The van der Waals surface area contributed by atoms with Crippen molar-refractivity contribution in [3.05, 3.63) is 71.8 Å². The quantitative estimate of drug-likeness (QED) is 0.585. The van der Waals surface area contributed by atoms with Crippen molar-refractivity contribution in [1.82, 2.24) is 9.16 Å². The average Bonchev–Trinajstić information content (AvgIpc) is 2.72. The molecule has 3 nitrogen and oxygen atoms in total. The molecule has 104 valence electrons. The highest BCUT2D eigenvalue weighted by molar-refractivity contribution is 8.13. The van der Waals surface area contributed by atoms with E-state index in [1.807, 2.05) is 60.7 Å². The lowest BCUT2D eigenvalue weighted by Crippen LogP contribution is -2.17. The minimum absolute atomic E-state index is 0.0630. The first-order valence-corrected chi connectivity index (χ1v) is 9.39. The molecular weight excluding hydrogens is 307 g/mol. The van der Waals surface area contributed by atoms with Crippen LogP contribution in [0.3, 0.4) is 0 Å². The van der Waals surface area contributed by atoms with E-state index in [4.69, 9.17) is 11.8 Å². The lowest BCUT2D eigenvalue weighted by atomic mass is 9.95. The van der Waals surface area contributed by atoms with Gasteiger partial charge in [0.25, 0.3) is 0 Å². The van der Waals surface area contributed by atoms with Crippen LogP contribution in [0.1, 0.15) is 23.2 Å². The van der Waals surface area contributed by atoms with Crippen molar-refractivity contribution in [2.24, 2.45) is 0 Å². The van der Waals surface area contributed by atoms with E-state index < -0.39 is 6.57 Å². The van der Waals surface area contributed by atoms with E-state index >= 15 is 0 Å². The Morgan fingerprint density at radius 1 is 1.00 bits per heavy atom. The van der Waals surface area contributed by atoms with Crippen LogP contribution < -0.4 is 5.09 Å². The van der Waals surface area contributed by atoms with Crippen LogP contribution in [0.25, 0.3) is 0 Å². The number of nitrogens with one attached hydrogen (secondary N) is 1. The summed E-state index contributed by atoms with van der Waals surface area (Å²) >= 11 is 9.75. The molecule has 0 amide bonds. The van der Waals surface area contributed by atoms with E-state index in [1.54, 1.807) is 4.08 Å². The van der Waals surface area contributed by atoms with Gasteiger partial charge in [-0.25, -0.2) is 5.09 Å². The largest absolute Gasteiger partial charge is 0.342 e. The fraction of sp³-hybridized carbons (Fsp3) is 0.143. The third kappa shape index (κ3) is 2.58. The minimum Gasteiger partial charge on any atom is -0.342 e. The van der Waals surface area contributed by atoms with Crippen LogP contribution in [-0.2, 0) is 11.8 Å². The third-order valence-electron chi connectivity index (χ3n) is 3.45. The first kappa shape index (κ1) is 14.3. The molecule has 1 aliphatic rings. The van der Waals surface area contributed by atoms with Crippen LogP contribution in [0.4, 0.5) is 0 Å². The lowest BCUT2D eigenvalue weighted by Gasteiger charge is -2.24. The molecule has 1 heterocycles. The van der Waals surface area contributed by atoms with Gasteiger partial charge in [0.05, 0.1) is 12.1 Å². The van der Waals surface area contributed by atoms with Gasteiger partial charge in [0.1, 0.15) is 0 Å². The summed E-state index contributed by atoms with van der Waals surface area (Å²) in [5.74, 6) is 0. The Labute approximate surface area is 129 Å². The normalized spacial score (nSPS) is 30.5. The Balaban J connectivity index is 2.06. The van der Waals surface area contributed by atoms with E-state index in [2.05, 4.69) is 17.9 Å². The van der Waals surface area contributed by atoms with E-state index in [9.17, 15) is 4.89 Å². The van der Waals surface area contributed by atoms with Gasteiger partial charge in [-0.2, -0.15) is 4.08 Å². The molecule has 0 bridgehead atoms. The first-order chi connectivity index (χ1) is 9.59.